The number of rotatable bonds is 5. The molecule has 2 rings (SSSR count). The molecule has 0 amide bonds. The number of ether oxygens (including phenoxy) is 1. The molecule has 0 aliphatic rings. The van der Waals surface area contributed by atoms with Gasteiger partial charge in [0.15, 0.2) is 0 Å². The topological polar surface area (TPSA) is 62.3 Å². The van der Waals surface area contributed by atoms with E-state index in [1.54, 1.807) is 18.4 Å². The molecule has 2 aromatic rings. The number of hydrogen-bond donors (Lipinski definition) is 2. The van der Waals surface area contributed by atoms with Gasteiger partial charge in [0.2, 0.25) is 0 Å². The Balaban J connectivity index is 2.31. The van der Waals surface area contributed by atoms with Crippen molar-refractivity contribution in [2.24, 2.45) is 5.73 Å². The highest BCUT2D eigenvalue weighted by Gasteiger charge is 2.12. The van der Waals surface area contributed by atoms with Gasteiger partial charge in [-0.25, -0.2) is 0 Å². The molecule has 3 N–H and O–H groups in total. The third kappa shape index (κ3) is 3.32. The Hall–Kier alpha value is -1.53. The van der Waals surface area contributed by atoms with Crippen LogP contribution in [0.25, 0.3) is 0 Å². The summed E-state index contributed by atoms with van der Waals surface area (Å²) < 4.78 is 6.34. The first-order valence-corrected chi connectivity index (χ1v) is 7.65. The van der Waals surface area contributed by atoms with E-state index in [1.807, 2.05) is 25.2 Å². The van der Waals surface area contributed by atoms with E-state index in [4.69, 9.17) is 15.9 Å². The summed E-state index contributed by atoms with van der Waals surface area (Å²) in [6.07, 6.45) is 0. The zero-order valence-electron chi connectivity index (χ0n) is 11.3. The van der Waals surface area contributed by atoms with Crippen molar-refractivity contribution >= 4 is 38.8 Å². The van der Waals surface area contributed by atoms with Crippen molar-refractivity contribution in [3.05, 3.63) is 44.6 Å². The zero-order chi connectivity index (χ0) is 14.7. The molecule has 0 atom stereocenters. The van der Waals surface area contributed by atoms with Gasteiger partial charge in [0.05, 0.1) is 19.3 Å². The molecule has 0 aliphatic carbocycles. The number of thiophene rings is 1. The third-order valence-corrected chi connectivity index (χ3v) is 4.60. The number of methoxy groups -OCH3 is 1. The number of nitrogens with one attached hydrogen (secondary N) is 1. The maximum absolute atomic E-state index is 7.69. The van der Waals surface area contributed by atoms with Crippen molar-refractivity contribution in [3.8, 4) is 5.75 Å². The van der Waals surface area contributed by atoms with Gasteiger partial charge in [-0.1, -0.05) is 0 Å². The molecule has 0 spiro atoms. The minimum Gasteiger partial charge on any atom is -0.497 e. The van der Waals surface area contributed by atoms with Gasteiger partial charge in [0, 0.05) is 33.4 Å². The lowest BCUT2D eigenvalue weighted by Gasteiger charge is -2.22. The van der Waals surface area contributed by atoms with Crippen LogP contribution in [-0.4, -0.2) is 20.0 Å². The van der Waals surface area contributed by atoms with Gasteiger partial charge < -0.3 is 15.4 Å². The lowest BCUT2D eigenvalue weighted by Crippen LogP contribution is -2.21. The lowest BCUT2D eigenvalue weighted by atomic mass is 10.1. The number of nitrogens with zero attached hydrogens (tertiary/aromatic N) is 1. The quantitative estimate of drug-likeness (QED) is 0.639. The summed E-state index contributed by atoms with van der Waals surface area (Å²) in [5.41, 5.74) is 7.25. The normalized spacial score (nSPS) is 10.3. The molecule has 20 heavy (non-hydrogen) atoms. The Bertz CT molecular complexity index is 627. The van der Waals surface area contributed by atoms with E-state index < -0.39 is 0 Å². The predicted molar refractivity (Wildman–Crippen MR) is 88.1 cm³/mol. The summed E-state index contributed by atoms with van der Waals surface area (Å²) in [5, 5.41) is 9.74. The summed E-state index contributed by atoms with van der Waals surface area (Å²) >= 11 is 5.15. The van der Waals surface area contributed by atoms with Crippen molar-refractivity contribution in [2.45, 2.75) is 6.54 Å². The molecule has 4 nitrogen and oxygen atoms in total. The third-order valence-electron chi connectivity index (χ3n) is 2.92. The van der Waals surface area contributed by atoms with E-state index in [-0.39, 0.29) is 5.84 Å². The number of halogens is 1. The molecule has 0 saturated carbocycles. The highest BCUT2D eigenvalue weighted by atomic mass is 79.9. The number of nitrogen functional groups attached to an aromatic ring is 1. The van der Waals surface area contributed by atoms with E-state index in [1.165, 1.54) is 4.88 Å². The summed E-state index contributed by atoms with van der Waals surface area (Å²) in [7, 11) is 3.61. The van der Waals surface area contributed by atoms with E-state index in [0.717, 1.165) is 22.5 Å². The van der Waals surface area contributed by atoms with Crippen LogP contribution < -0.4 is 15.4 Å². The Morgan fingerprint density at radius 3 is 2.75 bits per heavy atom. The van der Waals surface area contributed by atoms with Crippen LogP contribution in [0.3, 0.4) is 0 Å². The average molecular weight is 354 g/mol. The first-order valence-electron chi connectivity index (χ1n) is 5.97. The van der Waals surface area contributed by atoms with Gasteiger partial charge in [0.1, 0.15) is 11.6 Å². The maximum atomic E-state index is 7.69. The first-order chi connectivity index (χ1) is 9.51. The minimum atomic E-state index is 0.0573. The fraction of sp³-hybridized carbons (Fsp3) is 0.214. The van der Waals surface area contributed by atoms with E-state index in [9.17, 15) is 0 Å². The second-order valence-electron chi connectivity index (χ2n) is 4.38. The first kappa shape index (κ1) is 14.9. The largest absolute Gasteiger partial charge is 0.497 e. The van der Waals surface area contributed by atoms with Gasteiger partial charge >= 0.3 is 0 Å². The molecule has 6 heteroatoms. The number of anilines is 1. The van der Waals surface area contributed by atoms with Crippen LogP contribution in [0.15, 0.2) is 34.1 Å². The second-order valence-corrected chi connectivity index (χ2v) is 6.30. The molecule has 1 aromatic heterocycles. The van der Waals surface area contributed by atoms with Crippen molar-refractivity contribution < 1.29 is 4.74 Å². The second kappa shape index (κ2) is 6.28. The monoisotopic (exact) mass is 353 g/mol. The van der Waals surface area contributed by atoms with Crippen LogP contribution >= 0.6 is 27.3 Å². The van der Waals surface area contributed by atoms with Crippen LogP contribution in [0.2, 0.25) is 0 Å². The van der Waals surface area contributed by atoms with E-state index >= 15 is 0 Å². The van der Waals surface area contributed by atoms with Crippen molar-refractivity contribution in [1.82, 2.24) is 0 Å². The molecule has 106 valence electrons. The lowest BCUT2D eigenvalue weighted by molar-refractivity contribution is 0.415. The molecule has 0 radical (unpaired) electrons. The molecule has 0 unspecified atom stereocenters. The molecule has 0 fully saturated rings. The predicted octanol–water partition coefficient (Wildman–Crippen LogP) is 3.44. The average Bonchev–Trinajstić information content (AvgIpc) is 2.83. The number of nitrogens with two attached hydrogens (primary N) is 1. The smallest absolute Gasteiger partial charge is 0.124 e. The standard InChI is InChI=1S/C14H16BrN3OS/c1-18(7-11-5-9(15)8-20-11)13-6-10(19-2)3-4-12(13)14(16)17/h3-6,8H,7H2,1-2H3,(H3,16,17). The molecule has 0 bridgehead atoms. The maximum Gasteiger partial charge on any atom is 0.124 e. The summed E-state index contributed by atoms with van der Waals surface area (Å²) in [4.78, 5) is 3.30. The van der Waals surface area contributed by atoms with Gasteiger partial charge in [0.25, 0.3) is 0 Å². The van der Waals surface area contributed by atoms with E-state index in [0.29, 0.717) is 5.56 Å². The number of hydrogen-bond acceptors (Lipinski definition) is 4. The zero-order valence-corrected chi connectivity index (χ0v) is 13.7. The van der Waals surface area contributed by atoms with Crippen LogP contribution in [0.5, 0.6) is 5.75 Å². The Morgan fingerprint density at radius 1 is 1.45 bits per heavy atom. The number of amidine groups is 1. The van der Waals surface area contributed by atoms with Gasteiger partial charge in [-0.05, 0) is 34.1 Å². The van der Waals surface area contributed by atoms with Crippen molar-refractivity contribution in [1.29, 1.82) is 5.41 Å². The Morgan fingerprint density at radius 2 is 2.20 bits per heavy atom. The molecular weight excluding hydrogens is 338 g/mol. The summed E-state index contributed by atoms with van der Waals surface area (Å²) in [5.74, 6) is 0.811. The van der Waals surface area contributed by atoms with Crippen LogP contribution in [0.4, 0.5) is 5.69 Å². The molecular formula is C14H16BrN3OS. The molecule has 1 heterocycles. The van der Waals surface area contributed by atoms with Crippen LogP contribution in [0.1, 0.15) is 10.4 Å². The number of benzene rings is 1. The highest BCUT2D eigenvalue weighted by molar-refractivity contribution is 9.10. The molecule has 0 aliphatic heterocycles. The van der Waals surface area contributed by atoms with Gasteiger partial charge in [-0.15, -0.1) is 11.3 Å². The van der Waals surface area contributed by atoms with E-state index in [2.05, 4.69) is 32.3 Å². The molecule has 0 saturated heterocycles. The summed E-state index contributed by atoms with van der Waals surface area (Å²) in [6, 6.07) is 7.63. The fourth-order valence-corrected chi connectivity index (χ4v) is 3.44. The van der Waals surface area contributed by atoms with Crippen LogP contribution in [-0.2, 0) is 6.54 Å². The molecule has 1 aromatic carbocycles. The van der Waals surface area contributed by atoms with Crippen molar-refractivity contribution in [3.63, 3.8) is 0 Å². The van der Waals surface area contributed by atoms with Gasteiger partial charge in [-0.2, -0.15) is 0 Å². The Labute approximate surface area is 130 Å². The minimum absolute atomic E-state index is 0.0573. The summed E-state index contributed by atoms with van der Waals surface area (Å²) in [6.45, 7) is 0.754. The van der Waals surface area contributed by atoms with Crippen LogP contribution in [0, 0.1) is 5.41 Å². The SMILES string of the molecule is COc1ccc(C(=N)N)c(N(C)Cc2cc(Br)cs2)c1. The van der Waals surface area contributed by atoms with Gasteiger partial charge in [-0.3, -0.25) is 5.41 Å². The van der Waals surface area contributed by atoms with Crippen molar-refractivity contribution in [2.75, 3.05) is 19.1 Å². The highest BCUT2D eigenvalue weighted by Crippen LogP contribution is 2.28. The fourth-order valence-electron chi connectivity index (χ4n) is 1.94. The Kier molecular flexibility index (Phi) is 4.67.